The Morgan fingerprint density at radius 2 is 1.88 bits per heavy atom. The van der Waals surface area contributed by atoms with E-state index < -0.39 is 62.4 Å². The smallest absolute Gasteiger partial charge is 0.417 e. The summed E-state index contributed by atoms with van der Waals surface area (Å²) in [7, 11) is -3.90. The highest BCUT2D eigenvalue weighted by atomic mass is 79.9. The van der Waals surface area contributed by atoms with Gasteiger partial charge in [0.1, 0.15) is 11.7 Å². The van der Waals surface area contributed by atoms with Crippen LogP contribution < -0.4 is 5.73 Å². The van der Waals surface area contributed by atoms with E-state index in [1.807, 2.05) is 0 Å². The molecular formula is C14H21BrN2O7S. The number of hydrogen-bond acceptors (Lipinski definition) is 7. The molecule has 0 radical (unpaired) electrons. The molecule has 11 heteroatoms. The van der Waals surface area contributed by atoms with E-state index in [1.165, 1.54) is 0 Å². The minimum absolute atomic E-state index is 0.109. The highest BCUT2D eigenvalue weighted by Gasteiger charge is 2.61. The highest BCUT2D eigenvalue weighted by Crippen LogP contribution is 2.45. The van der Waals surface area contributed by atoms with Crippen molar-refractivity contribution in [2.75, 3.05) is 6.26 Å². The summed E-state index contributed by atoms with van der Waals surface area (Å²) < 4.78 is 33.5. The van der Waals surface area contributed by atoms with Gasteiger partial charge in [0.25, 0.3) is 10.1 Å². The second kappa shape index (κ2) is 6.51. The van der Waals surface area contributed by atoms with Crippen LogP contribution in [0.1, 0.15) is 27.2 Å². The van der Waals surface area contributed by atoms with Gasteiger partial charge in [-0.25, -0.2) is 9.69 Å². The topological polar surface area (TPSA) is 133 Å². The summed E-state index contributed by atoms with van der Waals surface area (Å²) in [6.45, 7) is 4.88. The molecule has 2 heterocycles. The minimum Gasteiger partial charge on any atom is -0.443 e. The molecule has 0 aromatic carbocycles. The van der Waals surface area contributed by atoms with Crippen LogP contribution in [0, 0.1) is 11.8 Å². The van der Waals surface area contributed by atoms with Crippen LogP contribution in [0.3, 0.4) is 0 Å². The highest BCUT2D eigenvalue weighted by molar-refractivity contribution is 9.09. The van der Waals surface area contributed by atoms with E-state index in [0.29, 0.717) is 0 Å². The number of halogens is 1. The third-order valence-corrected chi connectivity index (χ3v) is 5.78. The van der Waals surface area contributed by atoms with Crippen LogP contribution in [0.15, 0.2) is 0 Å². The van der Waals surface area contributed by atoms with Crippen molar-refractivity contribution in [3.8, 4) is 0 Å². The van der Waals surface area contributed by atoms with E-state index in [1.54, 1.807) is 20.8 Å². The Balaban J connectivity index is 2.46. The summed E-state index contributed by atoms with van der Waals surface area (Å²) in [5.74, 6) is -3.04. The Morgan fingerprint density at radius 1 is 1.32 bits per heavy atom. The van der Waals surface area contributed by atoms with Crippen molar-refractivity contribution in [1.82, 2.24) is 4.90 Å². The Hall–Kier alpha value is -1.20. The van der Waals surface area contributed by atoms with E-state index in [2.05, 4.69) is 15.9 Å². The summed E-state index contributed by atoms with van der Waals surface area (Å²) >= 11 is 3.28. The molecule has 9 nitrogen and oxygen atoms in total. The molecule has 2 N–H and O–H groups in total. The Bertz CT molecular complexity index is 702. The van der Waals surface area contributed by atoms with Crippen molar-refractivity contribution in [3.63, 3.8) is 0 Å². The molecule has 5 atom stereocenters. The number of nitrogens with zero attached hydrogens (tertiary/aromatic N) is 1. The predicted molar refractivity (Wildman–Crippen MR) is 90.1 cm³/mol. The average Bonchev–Trinajstić information content (AvgIpc) is 2.38. The van der Waals surface area contributed by atoms with Crippen molar-refractivity contribution >= 4 is 44.0 Å². The number of carbonyl (C=O) groups excluding carboxylic acids is 3. The maximum absolute atomic E-state index is 12.6. The number of fused-ring (bicyclic) bond motifs is 3. The number of alkyl halides is 1. The molecule has 0 spiro atoms. The predicted octanol–water partition coefficient (Wildman–Crippen LogP) is 0.362. The average molecular weight is 441 g/mol. The maximum atomic E-state index is 12.6. The first-order valence-corrected chi connectivity index (χ1v) is 10.3. The number of primary amides is 1. The number of ether oxygens (including phenoxy) is 1. The SMILES string of the molecule is CC(C)(C)OC(=O)N1C(=O)[C@H]2C[C@H](C(N)=O)[C@H]1[C@H](OS(C)(=O)=O)[C@H]2Br. The van der Waals surface area contributed by atoms with Crippen molar-refractivity contribution in [1.29, 1.82) is 0 Å². The first-order valence-electron chi connectivity index (χ1n) is 7.60. The van der Waals surface area contributed by atoms with Crippen LogP contribution in [-0.2, 0) is 28.6 Å². The van der Waals surface area contributed by atoms with Gasteiger partial charge in [0.2, 0.25) is 11.8 Å². The van der Waals surface area contributed by atoms with Crippen molar-refractivity contribution < 1.29 is 31.7 Å². The van der Waals surface area contributed by atoms with Gasteiger partial charge < -0.3 is 10.5 Å². The maximum Gasteiger partial charge on any atom is 0.417 e. The monoisotopic (exact) mass is 440 g/mol. The lowest BCUT2D eigenvalue weighted by Crippen LogP contribution is -2.71. The van der Waals surface area contributed by atoms with Gasteiger partial charge in [-0.1, -0.05) is 15.9 Å². The van der Waals surface area contributed by atoms with E-state index in [-0.39, 0.29) is 6.42 Å². The lowest BCUT2D eigenvalue weighted by molar-refractivity contribution is -0.159. The van der Waals surface area contributed by atoms with Crippen LogP contribution in [0.25, 0.3) is 0 Å². The molecule has 3 aliphatic rings. The molecule has 3 amide bonds. The summed E-state index contributed by atoms with van der Waals surface area (Å²) in [6.07, 6.45) is -1.12. The fourth-order valence-electron chi connectivity index (χ4n) is 3.20. The zero-order valence-electron chi connectivity index (χ0n) is 14.3. The molecule has 1 saturated carbocycles. The quantitative estimate of drug-likeness (QED) is 0.494. The van der Waals surface area contributed by atoms with E-state index in [9.17, 15) is 22.8 Å². The van der Waals surface area contributed by atoms with Gasteiger partial charge in [-0.15, -0.1) is 0 Å². The molecule has 2 bridgehead atoms. The standard InChI is InChI=1S/C14H21BrN2O7S/c1-14(2,3)23-13(20)17-9-7(11(16)18)5-6(12(17)19)8(15)10(9)24-25(4,21)22/h6-10H,5H2,1-4H3,(H2,16,18)/t6-,7-,8-,9-,10+/m0/s1. The third-order valence-electron chi connectivity index (χ3n) is 4.05. The van der Waals surface area contributed by atoms with Crippen LogP contribution in [0.5, 0.6) is 0 Å². The van der Waals surface area contributed by atoms with Gasteiger partial charge in [-0.3, -0.25) is 13.8 Å². The number of nitrogens with two attached hydrogens (primary N) is 1. The normalized spacial score (nSPS) is 32.6. The van der Waals surface area contributed by atoms with Gasteiger partial charge in [-0.2, -0.15) is 8.42 Å². The van der Waals surface area contributed by atoms with Crippen molar-refractivity contribution in [3.05, 3.63) is 0 Å². The third kappa shape index (κ3) is 4.14. The van der Waals surface area contributed by atoms with Crippen LogP contribution in [-0.4, -0.2) is 60.1 Å². The second-order valence-electron chi connectivity index (χ2n) is 7.24. The molecule has 2 saturated heterocycles. The zero-order chi connectivity index (χ0) is 19.3. The molecular weight excluding hydrogens is 420 g/mol. The fraction of sp³-hybridized carbons (Fsp3) is 0.786. The Labute approximate surface area is 154 Å². The Morgan fingerprint density at radius 3 is 2.32 bits per heavy atom. The van der Waals surface area contributed by atoms with Gasteiger partial charge in [0.15, 0.2) is 0 Å². The minimum atomic E-state index is -3.90. The molecule has 2 aliphatic heterocycles. The van der Waals surface area contributed by atoms with Gasteiger partial charge >= 0.3 is 6.09 Å². The van der Waals surface area contributed by atoms with Crippen LogP contribution >= 0.6 is 15.9 Å². The molecule has 3 rings (SSSR count). The molecule has 0 aromatic heterocycles. The number of rotatable bonds is 3. The summed E-state index contributed by atoms with van der Waals surface area (Å²) in [6, 6.07) is -1.16. The molecule has 3 fully saturated rings. The number of piperidine rings is 2. The summed E-state index contributed by atoms with van der Waals surface area (Å²) in [5.41, 5.74) is 4.53. The summed E-state index contributed by atoms with van der Waals surface area (Å²) in [5, 5.41) is 0. The first kappa shape index (κ1) is 20.1. The lowest BCUT2D eigenvalue weighted by Gasteiger charge is -2.52. The van der Waals surface area contributed by atoms with Crippen molar-refractivity contribution in [2.24, 2.45) is 17.6 Å². The lowest BCUT2D eigenvalue weighted by atomic mass is 9.70. The fourth-order valence-corrected chi connectivity index (χ4v) is 4.84. The molecule has 1 aliphatic carbocycles. The number of hydrogen-bond donors (Lipinski definition) is 1. The van der Waals surface area contributed by atoms with Gasteiger partial charge in [0, 0.05) is 0 Å². The first-order chi connectivity index (χ1) is 11.2. The molecule has 0 unspecified atom stereocenters. The second-order valence-corrected chi connectivity index (χ2v) is 9.90. The molecule has 25 heavy (non-hydrogen) atoms. The largest absolute Gasteiger partial charge is 0.443 e. The molecule has 142 valence electrons. The number of imide groups is 1. The van der Waals surface area contributed by atoms with E-state index in [4.69, 9.17) is 14.7 Å². The molecule has 0 aromatic rings. The van der Waals surface area contributed by atoms with Crippen LogP contribution in [0.4, 0.5) is 4.79 Å². The van der Waals surface area contributed by atoms with E-state index >= 15 is 0 Å². The number of amides is 3. The van der Waals surface area contributed by atoms with Gasteiger partial charge in [-0.05, 0) is 27.2 Å². The zero-order valence-corrected chi connectivity index (χ0v) is 16.7. The van der Waals surface area contributed by atoms with E-state index in [0.717, 1.165) is 11.2 Å². The number of carbonyl (C=O) groups is 3. The van der Waals surface area contributed by atoms with Crippen molar-refractivity contribution in [2.45, 2.75) is 49.8 Å². The summed E-state index contributed by atoms with van der Waals surface area (Å²) in [4.78, 5) is 37.1. The van der Waals surface area contributed by atoms with Crippen LogP contribution in [0.2, 0.25) is 0 Å². The van der Waals surface area contributed by atoms with Gasteiger partial charge in [0.05, 0.1) is 29.0 Å². The Kier molecular flexibility index (Phi) is 5.24.